The lowest BCUT2D eigenvalue weighted by atomic mass is 9.84. The van der Waals surface area contributed by atoms with Crippen LogP contribution in [0.5, 0.6) is 5.75 Å². The molecule has 2 aromatic carbocycles. The summed E-state index contributed by atoms with van der Waals surface area (Å²) < 4.78 is 14.2. The maximum atomic E-state index is 14.8. The zero-order valence-corrected chi connectivity index (χ0v) is 43.3. The van der Waals surface area contributed by atoms with E-state index in [-0.39, 0.29) is 49.2 Å². The molecule has 1 fully saturated rings. The van der Waals surface area contributed by atoms with Crippen molar-refractivity contribution in [3.05, 3.63) is 113 Å². The normalized spacial score (nSPS) is 18.2. The predicted molar refractivity (Wildman–Crippen MR) is 277 cm³/mol. The number of aromatic hydroxyl groups is 1. The molecule has 7 rings (SSSR count). The number of carbonyl (C=O) groups is 5. The van der Waals surface area contributed by atoms with Crippen LogP contribution in [0.1, 0.15) is 93.4 Å². The molecule has 0 unspecified atom stereocenters. The first-order valence-corrected chi connectivity index (χ1v) is 24.9. The standard InChI is InChI=1S/C56H70N8O8/c1-11-63-48-21-19-37-29-44(48)45(51(63)43-16-12-22-57-49(43)35(4)71-10)31-56(5,6)33-72-55(70)46-17-14-24-64(60-46)54(69)47(27-36-25-39(37)28-42(66)26-36)59-52(67)50(34(2)3)62(9)53(68)38-18-20-40(58-32-38)30-41(65)15-13-23-61(7)8/h12-13,15-16,18-22,25-26,28-29,32,34-35,46-47,50,60,66H,11,14,17,23-24,27,30-31,33H2,1-10H3,(H,59,67)/b15-13+/t35-,46-,47-,50-/m0/s1. The lowest BCUT2D eigenvalue weighted by molar-refractivity contribution is -0.155. The number of pyridine rings is 2. The molecule has 3 aromatic heterocycles. The number of hydrogen-bond acceptors (Lipinski definition) is 12. The van der Waals surface area contributed by atoms with Crippen LogP contribution >= 0.6 is 0 Å². The maximum absolute atomic E-state index is 14.8. The predicted octanol–water partition coefficient (Wildman–Crippen LogP) is 6.87. The van der Waals surface area contributed by atoms with Gasteiger partial charge in [-0.25, -0.2) is 5.43 Å². The zero-order valence-electron chi connectivity index (χ0n) is 43.3. The number of phenols is 1. The summed E-state index contributed by atoms with van der Waals surface area (Å²) in [4.78, 5) is 82.4. The number of benzene rings is 2. The summed E-state index contributed by atoms with van der Waals surface area (Å²) in [5.41, 5.74) is 10.2. The van der Waals surface area contributed by atoms with Gasteiger partial charge in [0, 0.05) is 80.2 Å². The van der Waals surface area contributed by atoms with Gasteiger partial charge in [-0.1, -0.05) is 45.9 Å². The number of ketones is 1. The third kappa shape index (κ3) is 12.1. The summed E-state index contributed by atoms with van der Waals surface area (Å²) in [5.74, 6) is -2.56. The van der Waals surface area contributed by atoms with E-state index in [1.165, 1.54) is 29.2 Å². The van der Waals surface area contributed by atoms with Crippen LogP contribution in [0.4, 0.5) is 0 Å². The summed E-state index contributed by atoms with van der Waals surface area (Å²) >= 11 is 0. The number of ether oxygens (including phenoxy) is 2. The second kappa shape index (κ2) is 22.8. The van der Waals surface area contributed by atoms with Gasteiger partial charge in [0.2, 0.25) is 5.91 Å². The van der Waals surface area contributed by atoms with E-state index >= 15 is 0 Å². The number of likely N-dealkylation sites (N-methyl/N-ethyl adjacent to an activating group) is 2. The van der Waals surface area contributed by atoms with Gasteiger partial charge < -0.3 is 34.3 Å². The quantitative estimate of drug-likeness (QED) is 0.0775. The number of hydrogen-bond donors (Lipinski definition) is 3. The van der Waals surface area contributed by atoms with Crippen LogP contribution in [0, 0.1) is 11.3 Å². The van der Waals surface area contributed by atoms with Gasteiger partial charge in [0.15, 0.2) is 5.78 Å². The third-order valence-electron chi connectivity index (χ3n) is 13.5. The number of fused-ring (bicyclic) bond motifs is 6. The second-order valence-corrected chi connectivity index (χ2v) is 20.5. The van der Waals surface area contributed by atoms with E-state index in [4.69, 9.17) is 14.5 Å². The first-order chi connectivity index (χ1) is 34.3. The lowest BCUT2D eigenvalue weighted by Crippen LogP contribution is -2.62. The molecule has 1 saturated heterocycles. The van der Waals surface area contributed by atoms with Crippen molar-refractivity contribution >= 4 is 40.4 Å². The van der Waals surface area contributed by atoms with Crippen LogP contribution in [0.15, 0.2) is 85.2 Å². The molecule has 0 aliphatic carbocycles. The average molecular weight is 983 g/mol. The molecule has 16 nitrogen and oxygen atoms in total. The van der Waals surface area contributed by atoms with Gasteiger partial charge in [0.25, 0.3) is 11.8 Å². The van der Waals surface area contributed by atoms with Gasteiger partial charge in [-0.3, -0.25) is 38.9 Å². The van der Waals surface area contributed by atoms with E-state index in [1.807, 2.05) is 58.0 Å². The van der Waals surface area contributed by atoms with Crippen molar-refractivity contribution in [3.8, 4) is 28.1 Å². The van der Waals surface area contributed by atoms with Gasteiger partial charge in [-0.05, 0) is 130 Å². The number of nitrogens with one attached hydrogen (secondary N) is 2. The Hall–Kier alpha value is -6.75. The second-order valence-electron chi connectivity index (χ2n) is 20.5. The molecule has 2 aliphatic rings. The van der Waals surface area contributed by atoms with E-state index in [1.54, 1.807) is 43.6 Å². The molecule has 382 valence electrons. The molecule has 5 heterocycles. The first-order valence-electron chi connectivity index (χ1n) is 24.9. The molecule has 3 amide bonds. The highest BCUT2D eigenvalue weighted by atomic mass is 16.5. The van der Waals surface area contributed by atoms with Gasteiger partial charge in [-0.2, -0.15) is 0 Å². The number of aromatic nitrogens is 3. The Labute approximate surface area is 422 Å². The molecule has 0 saturated carbocycles. The van der Waals surface area contributed by atoms with Crippen molar-refractivity contribution in [2.75, 3.05) is 47.9 Å². The fourth-order valence-corrected chi connectivity index (χ4v) is 9.87. The molecule has 5 aromatic rings. The maximum Gasteiger partial charge on any atom is 0.324 e. The number of methoxy groups -OCH3 is 1. The van der Waals surface area contributed by atoms with Gasteiger partial charge in [0.05, 0.1) is 36.1 Å². The van der Waals surface area contributed by atoms with Crippen molar-refractivity contribution in [2.24, 2.45) is 11.3 Å². The van der Waals surface area contributed by atoms with Crippen LogP contribution in [-0.2, 0) is 54.5 Å². The minimum atomic E-state index is -1.19. The summed E-state index contributed by atoms with van der Waals surface area (Å²) in [6, 6.07) is 15.6. The Kier molecular flexibility index (Phi) is 16.8. The number of esters is 1. The monoisotopic (exact) mass is 983 g/mol. The van der Waals surface area contributed by atoms with Crippen molar-refractivity contribution in [1.82, 2.24) is 40.1 Å². The Morgan fingerprint density at radius 1 is 1.03 bits per heavy atom. The fraction of sp³-hybridized carbons (Fsp3) is 0.446. The van der Waals surface area contributed by atoms with Crippen LogP contribution < -0.4 is 10.7 Å². The van der Waals surface area contributed by atoms with Crippen LogP contribution in [0.25, 0.3) is 33.3 Å². The minimum absolute atomic E-state index is 0.0228. The van der Waals surface area contributed by atoms with Crippen LogP contribution in [0.2, 0.25) is 0 Å². The molecule has 0 radical (unpaired) electrons. The van der Waals surface area contributed by atoms with E-state index in [9.17, 15) is 29.1 Å². The molecule has 6 bridgehead atoms. The summed E-state index contributed by atoms with van der Waals surface area (Å²) in [5, 5.41) is 16.7. The average Bonchev–Trinajstić information content (AvgIpc) is 3.65. The number of carbonyl (C=O) groups excluding carboxylic acids is 5. The van der Waals surface area contributed by atoms with Crippen molar-refractivity contribution in [1.29, 1.82) is 0 Å². The number of aryl methyl sites for hydroxylation is 1. The third-order valence-corrected chi connectivity index (χ3v) is 13.5. The topological polar surface area (TPSA) is 189 Å². The van der Waals surface area contributed by atoms with Crippen molar-refractivity contribution in [3.63, 3.8) is 0 Å². The molecule has 16 heteroatoms. The molecule has 72 heavy (non-hydrogen) atoms. The van der Waals surface area contributed by atoms with E-state index in [2.05, 4.69) is 59.3 Å². The molecular formula is C56H70N8O8. The number of nitrogens with zero attached hydrogens (tertiary/aromatic N) is 6. The SMILES string of the molecule is CCn1c(-c2cccnc2[C@H](C)OC)c2c3cc(ccc31)-c1cc(O)cc(c1)C[C@H](NC(=O)[C@H](C(C)C)N(C)C(=O)c1ccc(CC(=O)/C=C/CN(C)C)nc1)C(=O)N1CCC[C@H](N1)C(=O)OCC(C)(C)C2. The van der Waals surface area contributed by atoms with Crippen LogP contribution in [0.3, 0.4) is 0 Å². The van der Waals surface area contributed by atoms with Gasteiger partial charge in [0.1, 0.15) is 23.9 Å². The molecular weight excluding hydrogens is 913 g/mol. The van der Waals surface area contributed by atoms with E-state index in [0.29, 0.717) is 49.2 Å². The highest BCUT2D eigenvalue weighted by Crippen LogP contribution is 2.42. The number of hydrazine groups is 1. The Morgan fingerprint density at radius 2 is 1.81 bits per heavy atom. The summed E-state index contributed by atoms with van der Waals surface area (Å²) in [6.07, 6.45) is 7.67. The van der Waals surface area contributed by atoms with Crippen molar-refractivity contribution in [2.45, 2.75) is 104 Å². The number of phenolic OH excluding ortho intramolecular Hbond substituents is 1. The largest absolute Gasteiger partial charge is 0.508 e. The lowest BCUT2D eigenvalue weighted by Gasteiger charge is -2.36. The smallest absolute Gasteiger partial charge is 0.324 e. The van der Waals surface area contributed by atoms with Gasteiger partial charge >= 0.3 is 5.97 Å². The minimum Gasteiger partial charge on any atom is -0.508 e. The fourth-order valence-electron chi connectivity index (χ4n) is 9.87. The first kappa shape index (κ1) is 53.1. The number of amides is 3. The Morgan fingerprint density at radius 3 is 2.50 bits per heavy atom. The highest BCUT2D eigenvalue weighted by Gasteiger charge is 2.38. The van der Waals surface area contributed by atoms with Crippen molar-refractivity contribution < 1.29 is 38.6 Å². The number of cyclic esters (lactones) is 1. The molecule has 4 atom stereocenters. The Balaban J connectivity index is 1.25. The summed E-state index contributed by atoms with van der Waals surface area (Å²) in [7, 11) is 7.02. The number of rotatable bonds is 14. The molecule has 2 aliphatic heterocycles. The zero-order chi connectivity index (χ0) is 52.0. The number of allylic oxidation sites excluding steroid dienone is 1. The van der Waals surface area contributed by atoms with Gasteiger partial charge in [-0.15, -0.1) is 0 Å². The van der Waals surface area contributed by atoms with E-state index < -0.39 is 53.1 Å². The highest BCUT2D eigenvalue weighted by molar-refractivity contribution is 5.99. The summed E-state index contributed by atoms with van der Waals surface area (Å²) in [6.45, 7) is 13.5. The Bertz CT molecular complexity index is 2830. The molecule has 0 spiro atoms. The molecule has 3 N–H and O–H groups in total. The van der Waals surface area contributed by atoms with E-state index in [0.717, 1.165) is 39.0 Å². The van der Waals surface area contributed by atoms with Crippen LogP contribution in [-0.4, -0.2) is 130 Å².